The van der Waals surface area contributed by atoms with E-state index in [0.29, 0.717) is 25.1 Å². The van der Waals surface area contributed by atoms with Crippen LogP contribution < -0.4 is 5.32 Å². The number of piperidine rings is 1. The number of likely N-dealkylation sites (tertiary alicyclic amines) is 1. The van der Waals surface area contributed by atoms with Crippen molar-refractivity contribution in [2.45, 2.75) is 37.6 Å². The maximum Gasteiger partial charge on any atom is 0.248 e. The van der Waals surface area contributed by atoms with Crippen LogP contribution in [0.5, 0.6) is 0 Å². The monoisotopic (exact) mass is 316 g/mol. The highest BCUT2D eigenvalue weighted by molar-refractivity contribution is 5.92. The highest BCUT2D eigenvalue weighted by Gasteiger charge is 2.50. The summed E-state index contributed by atoms with van der Waals surface area (Å²) in [5, 5.41) is 3.10. The molecule has 2 saturated heterocycles. The zero-order valence-corrected chi connectivity index (χ0v) is 13.3. The number of nitrogens with one attached hydrogen (secondary N) is 1. The summed E-state index contributed by atoms with van der Waals surface area (Å²) < 4.78 is 13.7. The number of halogens is 1. The summed E-state index contributed by atoms with van der Waals surface area (Å²) in [7, 11) is 0. The molecule has 0 unspecified atom stereocenters. The zero-order valence-electron chi connectivity index (χ0n) is 13.3. The fourth-order valence-electron chi connectivity index (χ4n) is 3.83. The lowest BCUT2D eigenvalue weighted by molar-refractivity contribution is -0.128. The number of rotatable bonds is 2. The molecular weight excluding hydrogens is 295 g/mol. The second-order valence-electron chi connectivity index (χ2n) is 6.63. The molecule has 2 aliphatic heterocycles. The van der Waals surface area contributed by atoms with Gasteiger partial charge >= 0.3 is 0 Å². The molecule has 0 bridgehead atoms. The summed E-state index contributed by atoms with van der Waals surface area (Å²) in [4.78, 5) is 26.0. The third kappa shape index (κ3) is 2.87. The highest BCUT2D eigenvalue weighted by atomic mass is 19.1. The van der Waals surface area contributed by atoms with E-state index in [4.69, 9.17) is 0 Å². The lowest BCUT2D eigenvalue weighted by atomic mass is 9.76. The van der Waals surface area contributed by atoms with Crippen molar-refractivity contribution in [2.75, 3.05) is 13.1 Å². The smallest absolute Gasteiger partial charge is 0.248 e. The van der Waals surface area contributed by atoms with E-state index in [-0.39, 0.29) is 23.5 Å². The van der Waals surface area contributed by atoms with Crippen LogP contribution in [0.15, 0.2) is 36.4 Å². The molecular formula is C18H21FN2O2. The van der Waals surface area contributed by atoms with Crippen molar-refractivity contribution < 1.29 is 14.0 Å². The van der Waals surface area contributed by atoms with E-state index in [9.17, 15) is 14.0 Å². The van der Waals surface area contributed by atoms with Crippen molar-refractivity contribution in [3.8, 4) is 0 Å². The molecule has 2 atom stereocenters. The number of nitrogens with zero attached hydrogens (tertiary/aromatic N) is 1. The lowest BCUT2D eigenvalue weighted by Gasteiger charge is -2.39. The summed E-state index contributed by atoms with van der Waals surface area (Å²) in [5.74, 6) is -0.513. The molecule has 3 rings (SSSR count). The van der Waals surface area contributed by atoms with Crippen molar-refractivity contribution in [1.82, 2.24) is 10.2 Å². The molecule has 2 heterocycles. The van der Waals surface area contributed by atoms with Crippen LogP contribution in [0.25, 0.3) is 0 Å². The Labute approximate surface area is 135 Å². The molecule has 0 aromatic heterocycles. The molecule has 0 radical (unpaired) electrons. The Morgan fingerprint density at radius 1 is 1.48 bits per heavy atom. The van der Waals surface area contributed by atoms with Crippen molar-refractivity contribution >= 4 is 11.8 Å². The molecule has 5 heteroatoms. The van der Waals surface area contributed by atoms with E-state index in [1.807, 2.05) is 6.07 Å². The van der Waals surface area contributed by atoms with Crippen LogP contribution in [0.4, 0.5) is 4.39 Å². The van der Waals surface area contributed by atoms with Gasteiger partial charge in [-0.1, -0.05) is 18.7 Å². The second kappa shape index (κ2) is 5.80. The summed E-state index contributed by atoms with van der Waals surface area (Å²) in [6, 6.07) is 6.44. The number of hydrogen-bond acceptors (Lipinski definition) is 2. The number of amides is 2. The Hall–Kier alpha value is -2.17. The van der Waals surface area contributed by atoms with Crippen molar-refractivity contribution in [1.29, 1.82) is 0 Å². The van der Waals surface area contributed by atoms with Gasteiger partial charge in [-0.2, -0.15) is 0 Å². The zero-order chi connectivity index (χ0) is 16.6. The molecule has 1 aromatic carbocycles. The largest absolute Gasteiger partial charge is 0.348 e. The van der Waals surface area contributed by atoms with Gasteiger partial charge < -0.3 is 10.2 Å². The Morgan fingerprint density at radius 2 is 2.26 bits per heavy atom. The normalized spacial score (nSPS) is 27.1. The maximum absolute atomic E-state index is 13.7. The molecule has 1 N–H and O–H groups in total. The van der Waals surface area contributed by atoms with Gasteiger partial charge in [0, 0.05) is 31.0 Å². The average molecular weight is 316 g/mol. The molecule has 4 nitrogen and oxygen atoms in total. The van der Waals surface area contributed by atoms with Gasteiger partial charge in [0.15, 0.2) is 0 Å². The van der Waals surface area contributed by atoms with Crippen LogP contribution in [-0.4, -0.2) is 35.3 Å². The minimum absolute atomic E-state index is 0.00211. The third-order valence-electron chi connectivity index (χ3n) is 4.86. The number of benzene rings is 1. The highest BCUT2D eigenvalue weighted by Crippen LogP contribution is 2.41. The fourth-order valence-corrected chi connectivity index (χ4v) is 3.83. The first-order chi connectivity index (χ1) is 10.9. The van der Waals surface area contributed by atoms with Gasteiger partial charge in [0.25, 0.3) is 0 Å². The molecule has 1 spiro atoms. The van der Waals surface area contributed by atoms with Crippen molar-refractivity contribution in [2.24, 2.45) is 0 Å². The maximum atomic E-state index is 13.7. The van der Waals surface area contributed by atoms with Crippen LogP contribution in [0, 0.1) is 5.82 Å². The second-order valence-corrected chi connectivity index (χ2v) is 6.63. The molecule has 122 valence electrons. The molecule has 1 aromatic rings. The standard InChI is InChI=1S/C18H21FN2O2/c1-12(2)17(23)21-10-15(13-5-3-6-14(19)9-13)18(11-21)8-4-7-16(22)20-18/h3,5-6,9,15H,1,4,7-8,10-11H2,2H3,(H,20,22)/t15-,18+/m0/s1. The Kier molecular flexibility index (Phi) is 3.96. The van der Waals surface area contributed by atoms with E-state index in [2.05, 4.69) is 11.9 Å². The topological polar surface area (TPSA) is 49.4 Å². The van der Waals surface area contributed by atoms with Crippen LogP contribution in [0.1, 0.15) is 37.7 Å². The minimum atomic E-state index is -0.506. The minimum Gasteiger partial charge on any atom is -0.348 e. The van der Waals surface area contributed by atoms with Crippen LogP contribution in [0.3, 0.4) is 0 Å². The summed E-state index contributed by atoms with van der Waals surface area (Å²) in [5.41, 5.74) is 0.792. The van der Waals surface area contributed by atoms with Gasteiger partial charge in [-0.15, -0.1) is 0 Å². The summed E-state index contributed by atoms with van der Waals surface area (Å²) >= 11 is 0. The average Bonchev–Trinajstić information content (AvgIpc) is 2.84. The molecule has 2 amide bonds. The van der Waals surface area contributed by atoms with E-state index in [0.717, 1.165) is 18.4 Å². The van der Waals surface area contributed by atoms with E-state index < -0.39 is 5.54 Å². The first-order valence-electron chi connectivity index (χ1n) is 7.92. The molecule has 0 saturated carbocycles. The molecule has 0 aliphatic carbocycles. The number of carbonyl (C=O) groups excluding carboxylic acids is 2. The van der Waals surface area contributed by atoms with Crippen molar-refractivity contribution in [3.05, 3.63) is 47.8 Å². The Morgan fingerprint density at radius 3 is 2.91 bits per heavy atom. The lowest BCUT2D eigenvalue weighted by Crippen LogP contribution is -2.56. The predicted molar refractivity (Wildman–Crippen MR) is 85.3 cm³/mol. The Bertz CT molecular complexity index is 673. The third-order valence-corrected chi connectivity index (χ3v) is 4.86. The Balaban J connectivity index is 1.98. The number of carbonyl (C=O) groups is 2. The van der Waals surface area contributed by atoms with Gasteiger partial charge in [-0.05, 0) is 37.5 Å². The van der Waals surface area contributed by atoms with Gasteiger partial charge in [0.2, 0.25) is 11.8 Å². The first-order valence-corrected chi connectivity index (χ1v) is 7.92. The summed E-state index contributed by atoms with van der Waals surface area (Å²) in [6.07, 6.45) is 2.08. The first kappa shape index (κ1) is 15.7. The van der Waals surface area contributed by atoms with Gasteiger partial charge in [0.05, 0.1) is 5.54 Å². The summed E-state index contributed by atoms with van der Waals surface area (Å²) in [6.45, 7) is 6.32. The molecule has 23 heavy (non-hydrogen) atoms. The molecule has 2 aliphatic rings. The van der Waals surface area contributed by atoms with Gasteiger partial charge in [-0.25, -0.2) is 4.39 Å². The number of hydrogen-bond donors (Lipinski definition) is 1. The van der Waals surface area contributed by atoms with E-state index in [1.165, 1.54) is 12.1 Å². The molecule has 2 fully saturated rings. The van der Waals surface area contributed by atoms with Crippen LogP contribution in [-0.2, 0) is 9.59 Å². The van der Waals surface area contributed by atoms with Crippen LogP contribution >= 0.6 is 0 Å². The van der Waals surface area contributed by atoms with E-state index in [1.54, 1.807) is 17.9 Å². The van der Waals surface area contributed by atoms with Gasteiger partial charge in [0.1, 0.15) is 5.82 Å². The SMILES string of the molecule is C=C(C)C(=O)N1C[C@@H](c2cccc(F)c2)[C@@]2(CCCC(=O)N2)C1. The van der Waals surface area contributed by atoms with E-state index >= 15 is 0 Å². The fraction of sp³-hybridized carbons (Fsp3) is 0.444. The van der Waals surface area contributed by atoms with Crippen molar-refractivity contribution in [3.63, 3.8) is 0 Å². The van der Waals surface area contributed by atoms with Crippen LogP contribution in [0.2, 0.25) is 0 Å². The predicted octanol–water partition coefficient (Wildman–Crippen LogP) is 2.37. The van der Waals surface area contributed by atoms with Gasteiger partial charge in [-0.3, -0.25) is 9.59 Å². The quantitative estimate of drug-likeness (QED) is 0.852.